The topological polar surface area (TPSA) is 12.5 Å². The standard InChI is InChI=1S/C20H35NO/c1-10-11-18(12-13-19(3,4)5)16-17(2)22-15-14-21(9)20(6,7)8/h10-13,16H,2,14-15H2,1,3-9H3/b11-10-,13-12+,18-16+. The summed E-state index contributed by atoms with van der Waals surface area (Å²) >= 11 is 0. The molecule has 0 aliphatic rings. The van der Waals surface area contributed by atoms with Crippen molar-refractivity contribution in [3.8, 4) is 0 Å². The first-order chi connectivity index (χ1) is 9.95. The van der Waals surface area contributed by atoms with Gasteiger partial charge < -0.3 is 4.74 Å². The van der Waals surface area contributed by atoms with E-state index < -0.39 is 0 Å². The van der Waals surface area contributed by atoms with Crippen LogP contribution in [0.15, 0.2) is 48.3 Å². The third kappa shape index (κ3) is 10.4. The molecule has 0 aliphatic carbocycles. The normalized spacial score (nSPS) is 14.3. The van der Waals surface area contributed by atoms with Crippen LogP contribution in [0.5, 0.6) is 0 Å². The molecule has 0 heterocycles. The van der Waals surface area contributed by atoms with E-state index in [1.165, 1.54) is 0 Å². The lowest BCUT2D eigenvalue weighted by atomic mass is 9.95. The van der Waals surface area contributed by atoms with Crippen LogP contribution in [0.3, 0.4) is 0 Å². The number of hydrogen-bond acceptors (Lipinski definition) is 2. The lowest BCUT2D eigenvalue weighted by Crippen LogP contribution is -2.40. The largest absolute Gasteiger partial charge is 0.493 e. The van der Waals surface area contributed by atoms with Gasteiger partial charge in [0.25, 0.3) is 0 Å². The molecule has 0 saturated heterocycles. The van der Waals surface area contributed by atoms with E-state index in [0.717, 1.165) is 12.1 Å². The Morgan fingerprint density at radius 1 is 1.09 bits per heavy atom. The van der Waals surface area contributed by atoms with Gasteiger partial charge in [-0.1, -0.05) is 51.7 Å². The van der Waals surface area contributed by atoms with E-state index in [1.807, 2.05) is 19.1 Å². The van der Waals surface area contributed by atoms with Gasteiger partial charge in [-0.25, -0.2) is 0 Å². The van der Waals surface area contributed by atoms with Crippen LogP contribution in [0.1, 0.15) is 48.5 Å². The molecule has 0 bridgehead atoms. The van der Waals surface area contributed by atoms with Crippen molar-refractivity contribution >= 4 is 0 Å². The van der Waals surface area contributed by atoms with Crippen molar-refractivity contribution in [1.82, 2.24) is 4.90 Å². The first kappa shape index (κ1) is 20.7. The smallest absolute Gasteiger partial charge is 0.112 e. The summed E-state index contributed by atoms with van der Waals surface area (Å²) in [5.74, 6) is 0.703. The van der Waals surface area contributed by atoms with Gasteiger partial charge in [0.05, 0.1) is 0 Å². The Morgan fingerprint density at radius 2 is 1.68 bits per heavy atom. The second-order valence-corrected chi connectivity index (χ2v) is 7.75. The molecule has 0 rings (SSSR count). The van der Waals surface area contributed by atoms with Gasteiger partial charge in [-0.2, -0.15) is 0 Å². The molecule has 22 heavy (non-hydrogen) atoms. The van der Waals surface area contributed by atoms with Gasteiger partial charge in [-0.05, 0) is 51.8 Å². The summed E-state index contributed by atoms with van der Waals surface area (Å²) in [7, 11) is 2.11. The molecular formula is C20H35NO. The molecule has 0 saturated carbocycles. The fraction of sp³-hybridized carbons (Fsp3) is 0.600. The van der Waals surface area contributed by atoms with Crippen LogP contribution in [0.4, 0.5) is 0 Å². The predicted octanol–water partition coefficient (Wildman–Crippen LogP) is 5.35. The van der Waals surface area contributed by atoms with Crippen molar-refractivity contribution in [3.63, 3.8) is 0 Å². The summed E-state index contributed by atoms with van der Waals surface area (Å²) in [6.45, 7) is 20.7. The Balaban J connectivity index is 4.59. The van der Waals surface area contributed by atoms with E-state index in [0.29, 0.717) is 12.4 Å². The monoisotopic (exact) mass is 305 g/mol. The van der Waals surface area contributed by atoms with Gasteiger partial charge in [-0.15, -0.1) is 0 Å². The van der Waals surface area contributed by atoms with Crippen LogP contribution in [0.2, 0.25) is 0 Å². The van der Waals surface area contributed by atoms with Crippen LogP contribution in [0, 0.1) is 5.41 Å². The predicted molar refractivity (Wildman–Crippen MR) is 99.0 cm³/mol. The quantitative estimate of drug-likeness (QED) is 0.464. The molecule has 0 fully saturated rings. The van der Waals surface area contributed by atoms with Crippen LogP contribution in [-0.4, -0.2) is 30.6 Å². The molecule has 126 valence electrons. The summed E-state index contributed by atoms with van der Waals surface area (Å²) in [5, 5.41) is 0. The van der Waals surface area contributed by atoms with Crippen LogP contribution < -0.4 is 0 Å². The number of rotatable bonds is 7. The molecule has 2 nitrogen and oxygen atoms in total. The van der Waals surface area contributed by atoms with E-state index >= 15 is 0 Å². The average Bonchev–Trinajstić information content (AvgIpc) is 2.34. The number of nitrogens with zero attached hydrogens (tertiary/aromatic N) is 1. The Morgan fingerprint density at radius 3 is 2.14 bits per heavy atom. The molecule has 2 heteroatoms. The summed E-state index contributed by atoms with van der Waals surface area (Å²) < 4.78 is 5.74. The Hall–Kier alpha value is -1.28. The van der Waals surface area contributed by atoms with Crippen molar-refractivity contribution < 1.29 is 4.74 Å². The molecule has 0 N–H and O–H groups in total. The van der Waals surface area contributed by atoms with Gasteiger partial charge in [0.1, 0.15) is 12.4 Å². The highest BCUT2D eigenvalue weighted by Crippen LogP contribution is 2.17. The molecular weight excluding hydrogens is 270 g/mol. The summed E-state index contributed by atoms with van der Waals surface area (Å²) in [5.41, 5.74) is 1.43. The maximum absolute atomic E-state index is 5.74. The van der Waals surface area contributed by atoms with Crippen molar-refractivity contribution in [2.45, 2.75) is 54.0 Å². The minimum atomic E-state index is 0.159. The van der Waals surface area contributed by atoms with Crippen molar-refractivity contribution in [2.24, 2.45) is 5.41 Å². The average molecular weight is 306 g/mol. The van der Waals surface area contributed by atoms with E-state index in [4.69, 9.17) is 4.74 Å². The van der Waals surface area contributed by atoms with Crippen LogP contribution in [0.25, 0.3) is 0 Å². The van der Waals surface area contributed by atoms with Gasteiger partial charge >= 0.3 is 0 Å². The lowest BCUT2D eigenvalue weighted by molar-refractivity contribution is 0.121. The fourth-order valence-corrected chi connectivity index (χ4v) is 1.57. The van der Waals surface area contributed by atoms with E-state index in [2.05, 4.69) is 78.3 Å². The zero-order valence-corrected chi connectivity index (χ0v) is 15.9. The first-order valence-corrected chi connectivity index (χ1v) is 8.02. The third-order valence-corrected chi connectivity index (χ3v) is 3.32. The SMILES string of the molecule is C=C(/C=C(\C=C/C)/C=C/C(C)(C)C)OCCN(C)C(C)(C)C. The van der Waals surface area contributed by atoms with Crippen LogP contribution in [-0.2, 0) is 4.74 Å². The molecule has 0 aromatic carbocycles. The summed E-state index contributed by atoms with van der Waals surface area (Å²) in [4.78, 5) is 2.27. The van der Waals surface area contributed by atoms with Crippen LogP contribution >= 0.6 is 0 Å². The highest BCUT2D eigenvalue weighted by molar-refractivity contribution is 5.35. The van der Waals surface area contributed by atoms with E-state index in [1.54, 1.807) is 0 Å². The van der Waals surface area contributed by atoms with E-state index in [9.17, 15) is 0 Å². The molecule has 0 aromatic rings. The molecule has 0 atom stereocenters. The molecule has 0 radical (unpaired) electrons. The molecule has 0 aliphatic heterocycles. The Labute approximate surface area is 138 Å². The second kappa shape index (κ2) is 8.99. The van der Waals surface area contributed by atoms with Gasteiger partial charge in [0.2, 0.25) is 0 Å². The fourth-order valence-electron chi connectivity index (χ4n) is 1.57. The Kier molecular flexibility index (Phi) is 8.47. The minimum absolute atomic E-state index is 0.159. The highest BCUT2D eigenvalue weighted by Gasteiger charge is 2.16. The molecule has 0 amide bonds. The van der Waals surface area contributed by atoms with Gasteiger partial charge in [0.15, 0.2) is 0 Å². The van der Waals surface area contributed by atoms with Crippen molar-refractivity contribution in [2.75, 3.05) is 20.2 Å². The number of allylic oxidation sites excluding steroid dienone is 6. The highest BCUT2D eigenvalue weighted by atomic mass is 16.5. The lowest BCUT2D eigenvalue weighted by Gasteiger charge is -2.31. The molecule has 0 spiro atoms. The third-order valence-electron chi connectivity index (χ3n) is 3.32. The number of ether oxygens (including phenoxy) is 1. The van der Waals surface area contributed by atoms with E-state index in [-0.39, 0.29) is 11.0 Å². The molecule has 0 unspecified atom stereocenters. The number of likely N-dealkylation sites (N-methyl/N-ethyl adjacent to an activating group) is 1. The first-order valence-electron chi connectivity index (χ1n) is 8.02. The molecule has 0 aromatic heterocycles. The number of hydrogen-bond donors (Lipinski definition) is 0. The van der Waals surface area contributed by atoms with Crippen molar-refractivity contribution in [1.29, 1.82) is 0 Å². The minimum Gasteiger partial charge on any atom is -0.493 e. The van der Waals surface area contributed by atoms with Gasteiger partial charge in [0, 0.05) is 12.1 Å². The zero-order valence-electron chi connectivity index (χ0n) is 15.9. The van der Waals surface area contributed by atoms with Crippen molar-refractivity contribution in [3.05, 3.63) is 48.3 Å². The maximum atomic E-state index is 5.74. The maximum Gasteiger partial charge on any atom is 0.112 e. The summed E-state index contributed by atoms with van der Waals surface area (Å²) in [6.07, 6.45) is 10.4. The second-order valence-electron chi connectivity index (χ2n) is 7.75. The zero-order chi connectivity index (χ0) is 17.4. The summed E-state index contributed by atoms with van der Waals surface area (Å²) in [6, 6.07) is 0. The Bertz CT molecular complexity index is 428. The van der Waals surface area contributed by atoms with Gasteiger partial charge in [-0.3, -0.25) is 4.90 Å².